The Kier molecular flexibility index (Phi) is 6.77. The van der Waals surface area contributed by atoms with E-state index in [2.05, 4.69) is 17.3 Å². The molecule has 7 heteroatoms. The van der Waals surface area contributed by atoms with Crippen molar-refractivity contribution in [2.75, 3.05) is 47.3 Å². The van der Waals surface area contributed by atoms with Crippen molar-refractivity contribution in [2.45, 2.75) is 38.1 Å². The number of likely N-dealkylation sites (tertiary alicyclic amines) is 2. The molecule has 2 heterocycles. The molecule has 0 radical (unpaired) electrons. The van der Waals surface area contributed by atoms with Gasteiger partial charge in [-0.2, -0.15) is 0 Å². The van der Waals surface area contributed by atoms with Gasteiger partial charge >= 0.3 is 6.03 Å². The van der Waals surface area contributed by atoms with Crippen LogP contribution in [0.15, 0.2) is 24.3 Å². The van der Waals surface area contributed by atoms with Gasteiger partial charge in [-0.25, -0.2) is 9.18 Å². The quantitative estimate of drug-likeness (QED) is 0.838. The molecule has 160 valence electrons. The second-order valence-corrected chi connectivity index (χ2v) is 8.76. The third-order valence-corrected chi connectivity index (χ3v) is 6.56. The minimum Gasteiger partial charge on any atom is -0.337 e. The van der Waals surface area contributed by atoms with Gasteiger partial charge in [0.05, 0.1) is 12.5 Å². The first kappa shape index (κ1) is 21.6. The van der Waals surface area contributed by atoms with E-state index in [9.17, 15) is 14.0 Å². The summed E-state index contributed by atoms with van der Waals surface area (Å²) < 4.78 is 13.6. The van der Waals surface area contributed by atoms with Gasteiger partial charge in [-0.3, -0.25) is 4.79 Å². The van der Waals surface area contributed by atoms with Crippen LogP contribution in [0.25, 0.3) is 0 Å². The van der Waals surface area contributed by atoms with Crippen LogP contribution in [0.2, 0.25) is 0 Å². The van der Waals surface area contributed by atoms with E-state index < -0.39 is 0 Å². The summed E-state index contributed by atoms with van der Waals surface area (Å²) in [7, 11) is 5.56. The predicted octanol–water partition coefficient (Wildman–Crippen LogP) is 2.34. The predicted molar refractivity (Wildman–Crippen MR) is 111 cm³/mol. The molecule has 0 saturated carbocycles. The number of hydrogen-bond donors (Lipinski definition) is 1. The van der Waals surface area contributed by atoms with Gasteiger partial charge in [0, 0.05) is 27.2 Å². The average molecular weight is 405 g/mol. The second-order valence-electron chi connectivity index (χ2n) is 8.76. The number of nitrogens with one attached hydrogen (secondary N) is 1. The summed E-state index contributed by atoms with van der Waals surface area (Å²) in [6, 6.07) is 6.07. The monoisotopic (exact) mass is 404 g/mol. The number of hydrogen-bond acceptors (Lipinski definition) is 3. The van der Waals surface area contributed by atoms with Crippen LogP contribution in [-0.2, 0) is 11.2 Å². The molecular formula is C22H33FN4O2. The molecule has 6 nitrogen and oxygen atoms in total. The molecule has 1 atom stereocenters. The van der Waals surface area contributed by atoms with Crippen molar-refractivity contribution >= 4 is 11.9 Å². The van der Waals surface area contributed by atoms with Gasteiger partial charge in [0.25, 0.3) is 0 Å². The van der Waals surface area contributed by atoms with Gasteiger partial charge in [-0.1, -0.05) is 12.1 Å². The smallest absolute Gasteiger partial charge is 0.316 e. The van der Waals surface area contributed by atoms with E-state index in [0.717, 1.165) is 38.8 Å². The van der Waals surface area contributed by atoms with Crippen LogP contribution in [-0.4, -0.2) is 80.0 Å². The molecule has 2 aliphatic rings. The zero-order valence-corrected chi connectivity index (χ0v) is 17.8. The SMILES string of the molecule is CN1CCC2(CCCN(C(=O)Cc3cccc(F)c3)C2CNC(=O)N(C)C)CC1. The van der Waals surface area contributed by atoms with Gasteiger partial charge in [0.2, 0.25) is 5.91 Å². The normalized spacial score (nSPS) is 21.8. The highest BCUT2D eigenvalue weighted by Crippen LogP contribution is 2.44. The summed E-state index contributed by atoms with van der Waals surface area (Å²) in [6.07, 6.45) is 4.28. The Morgan fingerprint density at radius 1 is 1.21 bits per heavy atom. The Morgan fingerprint density at radius 2 is 1.93 bits per heavy atom. The molecular weight excluding hydrogens is 371 g/mol. The van der Waals surface area contributed by atoms with Gasteiger partial charge in [0.1, 0.15) is 5.82 Å². The number of urea groups is 1. The summed E-state index contributed by atoms with van der Waals surface area (Å²) >= 11 is 0. The molecule has 29 heavy (non-hydrogen) atoms. The molecule has 1 N–H and O–H groups in total. The Bertz CT molecular complexity index is 731. The maximum atomic E-state index is 13.6. The van der Waals surface area contributed by atoms with Crippen LogP contribution in [0.4, 0.5) is 9.18 Å². The van der Waals surface area contributed by atoms with E-state index in [1.54, 1.807) is 26.2 Å². The maximum Gasteiger partial charge on any atom is 0.316 e. The molecule has 0 aliphatic carbocycles. The molecule has 1 spiro atoms. The summed E-state index contributed by atoms with van der Waals surface area (Å²) in [5.41, 5.74) is 0.719. The summed E-state index contributed by atoms with van der Waals surface area (Å²) in [4.78, 5) is 31.2. The van der Waals surface area contributed by atoms with Crippen LogP contribution in [0, 0.1) is 11.2 Å². The maximum absolute atomic E-state index is 13.6. The summed E-state index contributed by atoms with van der Waals surface area (Å²) in [5.74, 6) is -0.312. The molecule has 2 saturated heterocycles. The van der Waals surface area contributed by atoms with Crippen LogP contribution >= 0.6 is 0 Å². The number of halogens is 1. The second kappa shape index (κ2) is 9.11. The average Bonchev–Trinajstić information content (AvgIpc) is 2.69. The molecule has 1 unspecified atom stereocenters. The number of piperidine rings is 2. The highest BCUT2D eigenvalue weighted by atomic mass is 19.1. The highest BCUT2D eigenvalue weighted by molar-refractivity contribution is 5.79. The third kappa shape index (κ3) is 5.07. The molecule has 2 aliphatic heterocycles. The number of carbonyl (C=O) groups excluding carboxylic acids is 2. The molecule has 0 aromatic heterocycles. The number of rotatable bonds is 4. The van der Waals surface area contributed by atoms with Crippen molar-refractivity contribution < 1.29 is 14.0 Å². The lowest BCUT2D eigenvalue weighted by Gasteiger charge is -2.53. The number of carbonyl (C=O) groups is 2. The van der Waals surface area contributed by atoms with Gasteiger partial charge < -0.3 is 20.0 Å². The lowest BCUT2D eigenvalue weighted by atomic mass is 9.66. The van der Waals surface area contributed by atoms with E-state index >= 15 is 0 Å². The molecule has 1 aromatic carbocycles. The first-order valence-electron chi connectivity index (χ1n) is 10.5. The third-order valence-electron chi connectivity index (χ3n) is 6.56. The Hall–Kier alpha value is -2.15. The zero-order valence-electron chi connectivity index (χ0n) is 17.8. The highest BCUT2D eigenvalue weighted by Gasteiger charge is 2.47. The minimum atomic E-state index is -0.324. The van der Waals surface area contributed by atoms with Gasteiger partial charge in [0.15, 0.2) is 0 Å². The van der Waals surface area contributed by atoms with E-state index in [1.807, 2.05) is 4.90 Å². The van der Waals surface area contributed by atoms with E-state index in [0.29, 0.717) is 18.7 Å². The van der Waals surface area contributed by atoms with Crippen LogP contribution < -0.4 is 5.32 Å². The minimum absolute atomic E-state index is 0.0118. The Morgan fingerprint density at radius 3 is 2.59 bits per heavy atom. The number of benzene rings is 1. The van der Waals surface area contributed by atoms with E-state index in [1.165, 1.54) is 17.0 Å². The van der Waals surface area contributed by atoms with Crippen molar-refractivity contribution in [1.29, 1.82) is 0 Å². The number of amides is 3. The Balaban J connectivity index is 1.80. The van der Waals surface area contributed by atoms with Gasteiger partial charge in [-0.05, 0) is 68.9 Å². The topological polar surface area (TPSA) is 55.9 Å². The van der Waals surface area contributed by atoms with Crippen molar-refractivity contribution in [3.8, 4) is 0 Å². The van der Waals surface area contributed by atoms with Crippen molar-refractivity contribution in [1.82, 2.24) is 20.0 Å². The van der Waals surface area contributed by atoms with Crippen LogP contribution in [0.1, 0.15) is 31.2 Å². The first-order chi connectivity index (χ1) is 13.8. The fourth-order valence-corrected chi connectivity index (χ4v) is 4.79. The fraction of sp³-hybridized carbons (Fsp3) is 0.636. The van der Waals surface area contributed by atoms with Gasteiger partial charge in [-0.15, -0.1) is 0 Å². The van der Waals surface area contributed by atoms with E-state index in [-0.39, 0.29) is 35.6 Å². The van der Waals surface area contributed by atoms with Crippen molar-refractivity contribution in [3.05, 3.63) is 35.6 Å². The molecule has 3 rings (SSSR count). The molecule has 1 aromatic rings. The van der Waals surface area contributed by atoms with Crippen molar-refractivity contribution in [3.63, 3.8) is 0 Å². The molecule has 2 fully saturated rings. The zero-order chi connectivity index (χ0) is 21.0. The van der Waals surface area contributed by atoms with E-state index in [4.69, 9.17) is 0 Å². The lowest BCUT2D eigenvalue weighted by molar-refractivity contribution is -0.140. The number of nitrogens with zero attached hydrogens (tertiary/aromatic N) is 3. The van der Waals surface area contributed by atoms with Crippen LogP contribution in [0.5, 0.6) is 0 Å². The summed E-state index contributed by atoms with van der Waals surface area (Å²) in [6.45, 7) is 3.15. The fourth-order valence-electron chi connectivity index (χ4n) is 4.79. The Labute approximate surface area is 173 Å². The molecule has 3 amide bonds. The van der Waals surface area contributed by atoms with Crippen LogP contribution in [0.3, 0.4) is 0 Å². The summed E-state index contributed by atoms with van der Waals surface area (Å²) in [5, 5.41) is 3.01. The largest absolute Gasteiger partial charge is 0.337 e. The van der Waals surface area contributed by atoms with Crippen molar-refractivity contribution in [2.24, 2.45) is 5.41 Å². The molecule has 0 bridgehead atoms. The standard InChI is InChI=1S/C22H33FN4O2/c1-25(2)21(29)24-16-19-22(9-12-26(3)13-10-22)8-5-11-27(19)20(28)15-17-6-4-7-18(23)14-17/h4,6-7,14,19H,5,8-13,15-16H2,1-3H3,(H,24,29). The first-order valence-corrected chi connectivity index (χ1v) is 10.5. The lowest BCUT2D eigenvalue weighted by Crippen LogP contribution is -2.61.